The molecule has 116 valence electrons. The molecule has 0 aliphatic heterocycles. The lowest BCUT2D eigenvalue weighted by Gasteiger charge is -2.26. The van der Waals surface area contributed by atoms with Crippen molar-refractivity contribution < 1.29 is 0 Å². The van der Waals surface area contributed by atoms with Gasteiger partial charge in [-0.25, -0.2) is 0 Å². The normalized spacial score (nSPS) is 22.9. The van der Waals surface area contributed by atoms with Crippen molar-refractivity contribution in [2.45, 2.75) is 39.0 Å². The second kappa shape index (κ2) is 8.65. The molecule has 2 N–H and O–H groups in total. The molecule has 0 unspecified atom stereocenters. The minimum Gasteiger partial charge on any atom is -0.356 e. The molecule has 1 aliphatic rings. The van der Waals surface area contributed by atoms with E-state index in [1.807, 2.05) is 25.4 Å². The summed E-state index contributed by atoms with van der Waals surface area (Å²) < 4.78 is 0. The van der Waals surface area contributed by atoms with Crippen molar-refractivity contribution in [3.8, 4) is 0 Å². The van der Waals surface area contributed by atoms with E-state index < -0.39 is 0 Å². The average Bonchev–Trinajstić information content (AvgIpc) is 2.53. The van der Waals surface area contributed by atoms with Gasteiger partial charge in [0.15, 0.2) is 5.96 Å². The Balaban J connectivity index is 1.64. The number of guanidine groups is 1. The van der Waals surface area contributed by atoms with Crippen molar-refractivity contribution in [2.24, 2.45) is 16.8 Å². The van der Waals surface area contributed by atoms with Crippen molar-refractivity contribution in [1.82, 2.24) is 15.6 Å². The van der Waals surface area contributed by atoms with Crippen LogP contribution in [0.2, 0.25) is 0 Å². The molecule has 0 atom stereocenters. The first-order valence-electron chi connectivity index (χ1n) is 8.12. The van der Waals surface area contributed by atoms with Crippen molar-refractivity contribution >= 4 is 5.96 Å². The van der Waals surface area contributed by atoms with E-state index in [1.165, 1.54) is 25.7 Å². The number of pyridine rings is 1. The molecule has 4 heteroatoms. The van der Waals surface area contributed by atoms with Gasteiger partial charge in [0.1, 0.15) is 0 Å². The van der Waals surface area contributed by atoms with Gasteiger partial charge in [-0.1, -0.05) is 25.8 Å². The summed E-state index contributed by atoms with van der Waals surface area (Å²) in [6.45, 7) is 4.26. The Bertz CT molecular complexity index is 422. The van der Waals surface area contributed by atoms with Gasteiger partial charge in [0.05, 0.1) is 0 Å². The Kier molecular flexibility index (Phi) is 6.51. The lowest BCUT2D eigenvalue weighted by Crippen LogP contribution is -2.41. The Morgan fingerprint density at radius 1 is 1.24 bits per heavy atom. The van der Waals surface area contributed by atoms with Crippen LogP contribution in [0, 0.1) is 11.8 Å². The highest BCUT2D eigenvalue weighted by Gasteiger charge is 2.18. The van der Waals surface area contributed by atoms with Gasteiger partial charge in [-0.3, -0.25) is 9.98 Å². The number of nitrogens with zero attached hydrogens (tertiary/aromatic N) is 2. The summed E-state index contributed by atoms with van der Waals surface area (Å²) in [5, 5.41) is 6.82. The quantitative estimate of drug-likeness (QED) is 0.647. The average molecular weight is 288 g/mol. The predicted octanol–water partition coefficient (Wildman–Crippen LogP) is 2.62. The second-order valence-corrected chi connectivity index (χ2v) is 6.08. The number of hydrogen-bond donors (Lipinski definition) is 2. The third-order valence-corrected chi connectivity index (χ3v) is 4.32. The highest BCUT2D eigenvalue weighted by molar-refractivity contribution is 5.79. The summed E-state index contributed by atoms with van der Waals surface area (Å²) in [7, 11) is 1.83. The molecule has 4 nitrogen and oxygen atoms in total. The molecular formula is C17H28N4. The van der Waals surface area contributed by atoms with Crippen molar-refractivity contribution in [3.05, 3.63) is 30.1 Å². The molecule has 0 aromatic carbocycles. The van der Waals surface area contributed by atoms with Crippen LogP contribution in [0.25, 0.3) is 0 Å². The molecule has 0 bridgehead atoms. The smallest absolute Gasteiger partial charge is 0.190 e. The first-order chi connectivity index (χ1) is 10.3. The maximum atomic E-state index is 4.33. The predicted molar refractivity (Wildman–Crippen MR) is 88.4 cm³/mol. The lowest BCUT2D eigenvalue weighted by molar-refractivity contribution is 0.289. The van der Waals surface area contributed by atoms with Crippen LogP contribution < -0.4 is 10.6 Å². The number of aromatic nitrogens is 1. The fourth-order valence-electron chi connectivity index (χ4n) is 2.85. The monoisotopic (exact) mass is 288 g/mol. The second-order valence-electron chi connectivity index (χ2n) is 6.08. The van der Waals surface area contributed by atoms with E-state index in [0.29, 0.717) is 0 Å². The van der Waals surface area contributed by atoms with Crippen LogP contribution in [0.5, 0.6) is 0 Å². The summed E-state index contributed by atoms with van der Waals surface area (Å²) in [6, 6.07) is 6.03. The molecule has 2 rings (SSSR count). The van der Waals surface area contributed by atoms with Crippen LogP contribution in [0.3, 0.4) is 0 Å². The molecule has 1 fully saturated rings. The zero-order valence-electron chi connectivity index (χ0n) is 13.3. The van der Waals surface area contributed by atoms with Crippen LogP contribution in [0.4, 0.5) is 0 Å². The minimum atomic E-state index is 0.801. The molecular weight excluding hydrogens is 260 g/mol. The van der Waals surface area contributed by atoms with E-state index in [0.717, 1.165) is 43.0 Å². The van der Waals surface area contributed by atoms with Crippen LogP contribution in [-0.2, 0) is 6.42 Å². The number of hydrogen-bond acceptors (Lipinski definition) is 2. The van der Waals surface area contributed by atoms with Crippen LogP contribution in [0.1, 0.15) is 38.3 Å². The zero-order chi connectivity index (χ0) is 14.9. The third kappa shape index (κ3) is 5.74. The zero-order valence-corrected chi connectivity index (χ0v) is 13.3. The number of rotatable bonds is 5. The van der Waals surface area contributed by atoms with E-state index in [9.17, 15) is 0 Å². The topological polar surface area (TPSA) is 49.3 Å². The van der Waals surface area contributed by atoms with Gasteiger partial charge in [-0.15, -0.1) is 0 Å². The molecule has 0 spiro atoms. The molecule has 21 heavy (non-hydrogen) atoms. The maximum absolute atomic E-state index is 4.33. The van der Waals surface area contributed by atoms with E-state index in [2.05, 4.69) is 33.6 Å². The lowest BCUT2D eigenvalue weighted by atomic mass is 9.83. The van der Waals surface area contributed by atoms with Crippen LogP contribution in [0.15, 0.2) is 29.4 Å². The van der Waals surface area contributed by atoms with E-state index >= 15 is 0 Å². The van der Waals surface area contributed by atoms with Crippen LogP contribution in [-0.4, -0.2) is 31.1 Å². The Morgan fingerprint density at radius 2 is 2.05 bits per heavy atom. The summed E-state index contributed by atoms with van der Waals surface area (Å²) >= 11 is 0. The van der Waals surface area contributed by atoms with Gasteiger partial charge in [0.25, 0.3) is 0 Å². The summed E-state index contributed by atoms with van der Waals surface area (Å²) in [5.41, 5.74) is 1.11. The largest absolute Gasteiger partial charge is 0.356 e. The molecule has 0 radical (unpaired) electrons. The Hall–Kier alpha value is -1.58. The molecule has 0 amide bonds. The van der Waals surface area contributed by atoms with E-state index in [-0.39, 0.29) is 0 Å². The van der Waals surface area contributed by atoms with Gasteiger partial charge >= 0.3 is 0 Å². The number of nitrogens with one attached hydrogen (secondary N) is 2. The van der Waals surface area contributed by atoms with Gasteiger partial charge in [0, 0.05) is 38.4 Å². The number of aliphatic imine (C=N–C) groups is 1. The first kappa shape index (κ1) is 15.8. The molecule has 1 aromatic heterocycles. The first-order valence-corrected chi connectivity index (χ1v) is 8.12. The molecule has 1 saturated carbocycles. The van der Waals surface area contributed by atoms with E-state index in [4.69, 9.17) is 0 Å². The molecule has 0 saturated heterocycles. The molecule has 1 aliphatic carbocycles. The van der Waals surface area contributed by atoms with E-state index in [1.54, 1.807) is 0 Å². The standard InChI is InChI=1S/C17H28N4/c1-14-6-8-15(9-7-14)13-21-17(18-2)20-12-10-16-5-3-4-11-19-16/h3-5,11,14-15H,6-10,12-13H2,1-2H3,(H2,18,20,21). The Morgan fingerprint density at radius 3 is 2.71 bits per heavy atom. The van der Waals surface area contributed by atoms with Gasteiger partial charge < -0.3 is 10.6 Å². The summed E-state index contributed by atoms with van der Waals surface area (Å²) in [4.78, 5) is 8.62. The fourth-order valence-corrected chi connectivity index (χ4v) is 2.85. The van der Waals surface area contributed by atoms with Gasteiger partial charge in [-0.2, -0.15) is 0 Å². The minimum absolute atomic E-state index is 0.801. The SMILES string of the molecule is CN=C(NCCc1ccccn1)NCC1CCC(C)CC1. The van der Waals surface area contributed by atoms with Gasteiger partial charge in [-0.05, 0) is 36.8 Å². The van der Waals surface area contributed by atoms with Crippen molar-refractivity contribution in [2.75, 3.05) is 20.1 Å². The fraction of sp³-hybridized carbons (Fsp3) is 0.647. The maximum Gasteiger partial charge on any atom is 0.190 e. The highest BCUT2D eigenvalue weighted by atomic mass is 15.2. The van der Waals surface area contributed by atoms with Crippen molar-refractivity contribution in [3.63, 3.8) is 0 Å². The molecule has 1 heterocycles. The summed E-state index contributed by atoms with van der Waals surface area (Å²) in [5.74, 6) is 2.62. The van der Waals surface area contributed by atoms with Crippen LogP contribution >= 0.6 is 0 Å². The molecule has 1 aromatic rings. The highest BCUT2D eigenvalue weighted by Crippen LogP contribution is 2.27. The Labute approximate surface area is 128 Å². The van der Waals surface area contributed by atoms with Crippen molar-refractivity contribution in [1.29, 1.82) is 0 Å². The van der Waals surface area contributed by atoms with Gasteiger partial charge in [0.2, 0.25) is 0 Å². The summed E-state index contributed by atoms with van der Waals surface area (Å²) in [6.07, 6.45) is 8.20. The third-order valence-electron chi connectivity index (χ3n) is 4.32.